The second-order valence-corrected chi connectivity index (χ2v) is 7.92. The summed E-state index contributed by atoms with van der Waals surface area (Å²) >= 11 is 0. The highest BCUT2D eigenvalue weighted by molar-refractivity contribution is 6.00. The van der Waals surface area contributed by atoms with E-state index in [-0.39, 0.29) is 5.91 Å². The number of aromatic amines is 1. The van der Waals surface area contributed by atoms with Crippen molar-refractivity contribution in [1.29, 1.82) is 0 Å². The molecule has 0 bridgehead atoms. The summed E-state index contributed by atoms with van der Waals surface area (Å²) in [6.07, 6.45) is 1.98. The molecule has 3 heterocycles. The number of fused-ring (bicyclic) bond motifs is 1. The van der Waals surface area contributed by atoms with E-state index in [4.69, 9.17) is 4.74 Å². The van der Waals surface area contributed by atoms with Crippen molar-refractivity contribution in [3.8, 4) is 5.75 Å². The van der Waals surface area contributed by atoms with Crippen LogP contribution in [0.2, 0.25) is 0 Å². The van der Waals surface area contributed by atoms with Crippen LogP contribution in [0.3, 0.4) is 0 Å². The number of H-pyrrole nitrogens is 1. The molecule has 1 aromatic carbocycles. The molecular weight excluding hydrogens is 390 g/mol. The van der Waals surface area contributed by atoms with Crippen LogP contribution in [-0.2, 0) is 4.79 Å². The standard InChI is InChI=1S/C24H27N5O2/c1-13-11-14(2)25-17(5)22(13)26-24(30)20-12-15(3)29(23-21(20)16(4)27-28-23)18-7-9-19(31-6)10-8-18/h7-12,20H,1-6H3,(H,26,30)(H,27,28). The molecule has 31 heavy (non-hydrogen) atoms. The summed E-state index contributed by atoms with van der Waals surface area (Å²) in [4.78, 5) is 20.0. The molecule has 3 aromatic rings. The van der Waals surface area contributed by atoms with Crippen molar-refractivity contribution in [1.82, 2.24) is 15.2 Å². The first-order valence-electron chi connectivity index (χ1n) is 10.2. The van der Waals surface area contributed by atoms with Gasteiger partial charge in [0.25, 0.3) is 0 Å². The van der Waals surface area contributed by atoms with Gasteiger partial charge < -0.3 is 10.1 Å². The number of hydrogen-bond donors (Lipinski definition) is 2. The number of benzene rings is 1. The number of aromatic nitrogens is 3. The van der Waals surface area contributed by atoms with Crippen molar-refractivity contribution in [3.05, 3.63) is 70.3 Å². The lowest BCUT2D eigenvalue weighted by atomic mass is 9.92. The summed E-state index contributed by atoms with van der Waals surface area (Å²) in [5.74, 6) is 1.04. The van der Waals surface area contributed by atoms with Gasteiger partial charge in [0.2, 0.25) is 5.91 Å². The highest BCUT2D eigenvalue weighted by Crippen LogP contribution is 2.42. The van der Waals surface area contributed by atoms with Crippen molar-refractivity contribution in [2.75, 3.05) is 17.3 Å². The number of carbonyl (C=O) groups is 1. The number of nitrogens with zero attached hydrogens (tertiary/aromatic N) is 3. The molecule has 0 spiro atoms. The van der Waals surface area contributed by atoms with Crippen LogP contribution in [0.1, 0.15) is 41.1 Å². The highest BCUT2D eigenvalue weighted by Gasteiger charge is 2.34. The van der Waals surface area contributed by atoms with Gasteiger partial charge in [-0.3, -0.25) is 19.8 Å². The number of nitrogens with one attached hydrogen (secondary N) is 2. The monoisotopic (exact) mass is 417 g/mol. The maximum Gasteiger partial charge on any atom is 0.236 e. The van der Waals surface area contributed by atoms with Gasteiger partial charge in [-0.15, -0.1) is 0 Å². The lowest BCUT2D eigenvalue weighted by Gasteiger charge is -2.31. The molecule has 0 aliphatic carbocycles. The summed E-state index contributed by atoms with van der Waals surface area (Å²) in [5.41, 5.74) is 7.09. The largest absolute Gasteiger partial charge is 0.497 e. The normalized spacial score (nSPS) is 15.4. The van der Waals surface area contributed by atoms with Crippen molar-refractivity contribution in [2.45, 2.75) is 40.5 Å². The molecule has 0 saturated heterocycles. The SMILES string of the molecule is COc1ccc(N2C(C)=CC(C(=O)Nc3c(C)cc(C)nc3C)c3c(C)n[nH]c32)cc1. The summed E-state index contributed by atoms with van der Waals surface area (Å²) < 4.78 is 5.28. The predicted octanol–water partition coefficient (Wildman–Crippen LogP) is 4.82. The van der Waals surface area contributed by atoms with Gasteiger partial charge in [-0.05, 0) is 76.6 Å². The van der Waals surface area contributed by atoms with E-state index in [9.17, 15) is 4.79 Å². The zero-order chi connectivity index (χ0) is 22.3. The van der Waals surface area contributed by atoms with Crippen LogP contribution >= 0.6 is 0 Å². The van der Waals surface area contributed by atoms with Crippen LogP contribution < -0.4 is 15.0 Å². The fourth-order valence-corrected chi connectivity index (χ4v) is 4.23. The summed E-state index contributed by atoms with van der Waals surface area (Å²) in [5, 5.41) is 10.6. The number of amides is 1. The molecule has 7 nitrogen and oxygen atoms in total. The number of hydrogen-bond acceptors (Lipinski definition) is 5. The summed E-state index contributed by atoms with van der Waals surface area (Å²) in [7, 11) is 1.65. The Labute approximate surface area is 182 Å². The number of pyridine rings is 1. The highest BCUT2D eigenvalue weighted by atomic mass is 16.5. The Hall–Kier alpha value is -3.61. The Morgan fingerprint density at radius 3 is 2.45 bits per heavy atom. The number of rotatable bonds is 4. The van der Waals surface area contributed by atoms with Gasteiger partial charge in [0, 0.05) is 22.6 Å². The van der Waals surface area contributed by atoms with Gasteiger partial charge >= 0.3 is 0 Å². The molecule has 1 amide bonds. The molecule has 7 heteroatoms. The first-order chi connectivity index (χ1) is 14.8. The quantitative estimate of drug-likeness (QED) is 0.636. The van der Waals surface area contributed by atoms with Crippen molar-refractivity contribution >= 4 is 23.1 Å². The average molecular weight is 418 g/mol. The fourth-order valence-electron chi connectivity index (χ4n) is 4.23. The Kier molecular flexibility index (Phi) is 5.27. The van der Waals surface area contributed by atoms with Crippen molar-refractivity contribution in [2.24, 2.45) is 0 Å². The molecule has 0 saturated carbocycles. The minimum atomic E-state index is -0.455. The third kappa shape index (κ3) is 3.67. The minimum Gasteiger partial charge on any atom is -0.497 e. The lowest BCUT2D eigenvalue weighted by Crippen LogP contribution is -2.28. The topological polar surface area (TPSA) is 83.1 Å². The van der Waals surface area contributed by atoms with E-state index >= 15 is 0 Å². The molecule has 1 aliphatic rings. The molecule has 1 atom stereocenters. The third-order valence-corrected chi connectivity index (χ3v) is 5.66. The molecule has 1 aliphatic heterocycles. The van der Waals surface area contributed by atoms with E-state index in [2.05, 4.69) is 25.4 Å². The number of anilines is 3. The first-order valence-corrected chi connectivity index (χ1v) is 10.2. The lowest BCUT2D eigenvalue weighted by molar-refractivity contribution is -0.116. The molecular formula is C24H27N5O2. The second-order valence-electron chi connectivity index (χ2n) is 7.92. The van der Waals surface area contributed by atoms with Crippen molar-refractivity contribution in [3.63, 3.8) is 0 Å². The second kappa shape index (κ2) is 7.91. The van der Waals surface area contributed by atoms with Crippen LogP contribution in [0.5, 0.6) is 5.75 Å². The smallest absolute Gasteiger partial charge is 0.236 e. The zero-order valence-electron chi connectivity index (χ0n) is 18.7. The number of carbonyl (C=O) groups excluding carboxylic acids is 1. The zero-order valence-corrected chi connectivity index (χ0v) is 18.7. The molecule has 0 radical (unpaired) electrons. The van der Waals surface area contributed by atoms with Crippen LogP contribution in [0.25, 0.3) is 0 Å². The average Bonchev–Trinajstić information content (AvgIpc) is 3.11. The molecule has 1 unspecified atom stereocenters. The Morgan fingerprint density at radius 1 is 1.10 bits per heavy atom. The Bertz CT molecular complexity index is 1150. The van der Waals surface area contributed by atoms with Crippen LogP contribution in [0.15, 0.2) is 42.1 Å². The van der Waals surface area contributed by atoms with Crippen molar-refractivity contribution < 1.29 is 9.53 Å². The fraction of sp³-hybridized carbons (Fsp3) is 0.292. The number of ether oxygens (including phenoxy) is 1. The van der Waals surface area contributed by atoms with Gasteiger partial charge in [0.15, 0.2) is 0 Å². The molecule has 2 N–H and O–H groups in total. The van der Waals surface area contributed by atoms with Gasteiger partial charge in [-0.25, -0.2) is 0 Å². The number of methoxy groups -OCH3 is 1. The van der Waals surface area contributed by atoms with Gasteiger partial charge in [0.1, 0.15) is 11.6 Å². The van der Waals surface area contributed by atoms with E-state index < -0.39 is 5.92 Å². The van der Waals surface area contributed by atoms with Crippen LogP contribution in [0.4, 0.5) is 17.2 Å². The van der Waals surface area contributed by atoms with Gasteiger partial charge in [-0.2, -0.15) is 5.10 Å². The Balaban J connectivity index is 1.71. The van der Waals surface area contributed by atoms with E-state index in [1.54, 1.807) is 7.11 Å². The molecule has 0 fully saturated rings. The molecule has 160 valence electrons. The van der Waals surface area contributed by atoms with Crippen LogP contribution in [-0.4, -0.2) is 28.2 Å². The van der Waals surface area contributed by atoms with E-state index in [0.29, 0.717) is 0 Å². The Morgan fingerprint density at radius 2 is 1.81 bits per heavy atom. The maximum absolute atomic E-state index is 13.4. The third-order valence-electron chi connectivity index (χ3n) is 5.66. The predicted molar refractivity (Wildman–Crippen MR) is 122 cm³/mol. The number of aryl methyl sites for hydroxylation is 4. The summed E-state index contributed by atoms with van der Waals surface area (Å²) in [6.45, 7) is 9.76. The van der Waals surface area contributed by atoms with E-state index in [1.165, 1.54) is 0 Å². The summed E-state index contributed by atoms with van der Waals surface area (Å²) in [6, 6.07) is 9.79. The van der Waals surface area contributed by atoms with Gasteiger partial charge in [0.05, 0.1) is 30.1 Å². The number of allylic oxidation sites excluding steroid dienone is 1. The van der Waals surface area contributed by atoms with E-state index in [0.717, 1.165) is 56.8 Å². The maximum atomic E-state index is 13.4. The molecule has 4 rings (SSSR count). The van der Waals surface area contributed by atoms with Crippen LogP contribution in [0, 0.1) is 27.7 Å². The van der Waals surface area contributed by atoms with E-state index in [1.807, 2.05) is 71.0 Å². The minimum absolute atomic E-state index is 0.101. The van der Waals surface area contributed by atoms with Gasteiger partial charge in [-0.1, -0.05) is 0 Å². The first kappa shape index (κ1) is 20.7. The molecule has 2 aromatic heterocycles.